The predicted molar refractivity (Wildman–Crippen MR) is 131 cm³/mol. The van der Waals surface area contributed by atoms with Crippen molar-refractivity contribution in [2.45, 2.75) is 13.3 Å². The molecule has 0 unspecified atom stereocenters. The van der Waals surface area contributed by atoms with E-state index in [1.165, 1.54) is 11.0 Å². The van der Waals surface area contributed by atoms with E-state index in [2.05, 4.69) is 5.32 Å². The fourth-order valence-corrected chi connectivity index (χ4v) is 3.76. The average Bonchev–Trinajstić information content (AvgIpc) is 3.26. The molecule has 1 N–H and O–H groups in total. The van der Waals surface area contributed by atoms with Crippen LogP contribution in [0.5, 0.6) is 11.5 Å². The van der Waals surface area contributed by atoms with Crippen LogP contribution in [-0.2, 0) is 19.1 Å². The first-order valence-corrected chi connectivity index (χ1v) is 11.1. The fourth-order valence-electron chi connectivity index (χ4n) is 3.76. The number of hydrogen-bond donors (Lipinski definition) is 1. The van der Waals surface area contributed by atoms with Gasteiger partial charge in [-0.15, -0.1) is 0 Å². The van der Waals surface area contributed by atoms with E-state index >= 15 is 0 Å². The van der Waals surface area contributed by atoms with Crippen LogP contribution >= 0.6 is 0 Å². The summed E-state index contributed by atoms with van der Waals surface area (Å²) in [6.07, 6.45) is -0.106. The van der Waals surface area contributed by atoms with Crippen molar-refractivity contribution >= 4 is 34.8 Å². The second-order valence-electron chi connectivity index (χ2n) is 8.23. The quantitative estimate of drug-likeness (QED) is 0.285. The molecule has 4 rings (SSSR count). The molecular weight excluding hydrogens is 466 g/mol. The summed E-state index contributed by atoms with van der Waals surface area (Å²) in [5.74, 6) is -1.06. The lowest BCUT2D eigenvalue weighted by atomic mass is 10.1. The SMILES string of the molecule is Cc1ccc(N2C[C@@H](C(=O)OCC(=O)Nc3ccc(Oc4ccccc4)cc3)CC2=O)cc1[N+](=O)[O-]. The van der Waals surface area contributed by atoms with Gasteiger partial charge < -0.3 is 19.7 Å². The van der Waals surface area contributed by atoms with Crippen LogP contribution < -0.4 is 15.0 Å². The van der Waals surface area contributed by atoms with E-state index in [1.54, 1.807) is 43.3 Å². The Morgan fingerprint density at radius 2 is 1.75 bits per heavy atom. The van der Waals surface area contributed by atoms with Gasteiger partial charge in [-0.2, -0.15) is 0 Å². The molecule has 0 aliphatic carbocycles. The second-order valence-corrected chi connectivity index (χ2v) is 8.23. The van der Waals surface area contributed by atoms with E-state index in [0.717, 1.165) is 0 Å². The molecule has 1 saturated heterocycles. The molecule has 0 saturated carbocycles. The molecule has 0 aromatic heterocycles. The molecule has 1 atom stereocenters. The van der Waals surface area contributed by atoms with Crippen molar-refractivity contribution in [2.75, 3.05) is 23.4 Å². The predicted octanol–water partition coefficient (Wildman–Crippen LogP) is 4.23. The lowest BCUT2D eigenvalue weighted by Gasteiger charge is -2.16. The molecule has 2 amide bonds. The van der Waals surface area contributed by atoms with Gasteiger partial charge in [-0.05, 0) is 49.4 Å². The largest absolute Gasteiger partial charge is 0.457 e. The van der Waals surface area contributed by atoms with E-state index < -0.39 is 29.3 Å². The van der Waals surface area contributed by atoms with Crippen molar-refractivity contribution in [3.05, 3.63) is 88.5 Å². The highest BCUT2D eigenvalue weighted by Gasteiger charge is 2.37. The molecule has 3 aromatic rings. The standard InChI is InChI=1S/C26H23N3O7/c1-17-7-10-20(14-23(17)29(33)34)28-15-18(13-25(28)31)26(32)35-16-24(30)27-19-8-11-22(12-9-19)36-21-5-3-2-4-6-21/h2-12,14,18H,13,15-16H2,1H3,(H,27,30)/t18-/m0/s1. The van der Waals surface area contributed by atoms with Crippen LogP contribution in [0.2, 0.25) is 0 Å². The van der Waals surface area contributed by atoms with Crippen LogP contribution in [0.15, 0.2) is 72.8 Å². The molecule has 1 aliphatic heterocycles. The molecule has 0 radical (unpaired) electrons. The summed E-state index contributed by atoms with van der Waals surface area (Å²) in [6, 6.07) is 20.4. The van der Waals surface area contributed by atoms with Crippen LogP contribution in [0.3, 0.4) is 0 Å². The van der Waals surface area contributed by atoms with Gasteiger partial charge in [0.15, 0.2) is 6.61 Å². The summed E-state index contributed by atoms with van der Waals surface area (Å²) in [6.45, 7) is 1.11. The molecule has 3 aromatic carbocycles. The monoisotopic (exact) mass is 489 g/mol. The lowest BCUT2D eigenvalue weighted by Crippen LogP contribution is -2.28. The average molecular weight is 489 g/mol. The number of carbonyl (C=O) groups is 3. The zero-order valence-electron chi connectivity index (χ0n) is 19.4. The molecule has 1 heterocycles. The Labute approximate surface area is 206 Å². The fraction of sp³-hybridized carbons (Fsp3) is 0.192. The molecule has 10 heteroatoms. The van der Waals surface area contributed by atoms with Crippen molar-refractivity contribution < 1.29 is 28.8 Å². The molecule has 0 bridgehead atoms. The van der Waals surface area contributed by atoms with Gasteiger partial charge in [-0.3, -0.25) is 24.5 Å². The number of ether oxygens (including phenoxy) is 2. The Morgan fingerprint density at radius 1 is 1.06 bits per heavy atom. The van der Waals surface area contributed by atoms with E-state index in [-0.39, 0.29) is 24.6 Å². The van der Waals surface area contributed by atoms with Crippen LogP contribution in [-0.4, -0.2) is 35.9 Å². The van der Waals surface area contributed by atoms with Gasteiger partial charge in [0.2, 0.25) is 5.91 Å². The van der Waals surface area contributed by atoms with Crippen molar-refractivity contribution in [3.8, 4) is 11.5 Å². The zero-order valence-corrected chi connectivity index (χ0v) is 19.4. The summed E-state index contributed by atoms with van der Waals surface area (Å²) in [7, 11) is 0. The second kappa shape index (κ2) is 10.7. The molecule has 1 fully saturated rings. The number of anilines is 2. The number of hydrogen-bond acceptors (Lipinski definition) is 7. The molecule has 10 nitrogen and oxygen atoms in total. The minimum Gasteiger partial charge on any atom is -0.457 e. The maximum atomic E-state index is 12.5. The van der Waals surface area contributed by atoms with Gasteiger partial charge in [-0.25, -0.2) is 0 Å². The van der Waals surface area contributed by atoms with Gasteiger partial charge in [0.05, 0.1) is 16.5 Å². The number of rotatable bonds is 8. The molecule has 184 valence electrons. The Balaban J connectivity index is 1.27. The maximum Gasteiger partial charge on any atom is 0.311 e. The Bertz CT molecular complexity index is 1290. The van der Waals surface area contributed by atoms with E-state index in [9.17, 15) is 24.5 Å². The summed E-state index contributed by atoms with van der Waals surface area (Å²) in [4.78, 5) is 49.1. The number of carbonyl (C=O) groups excluding carboxylic acids is 3. The number of nitrogens with one attached hydrogen (secondary N) is 1. The summed E-state index contributed by atoms with van der Waals surface area (Å²) < 4.78 is 10.8. The summed E-state index contributed by atoms with van der Waals surface area (Å²) >= 11 is 0. The van der Waals surface area contributed by atoms with Crippen LogP contribution in [0, 0.1) is 23.0 Å². The highest BCUT2D eigenvalue weighted by atomic mass is 16.6. The summed E-state index contributed by atoms with van der Waals surface area (Å²) in [5.41, 5.74) is 1.20. The Hall–Kier alpha value is -4.73. The normalized spacial score (nSPS) is 14.9. The number of para-hydroxylation sites is 1. The molecule has 1 aliphatic rings. The van der Waals surface area contributed by atoms with Gasteiger partial charge in [0.1, 0.15) is 11.5 Å². The van der Waals surface area contributed by atoms with Gasteiger partial charge in [0.25, 0.3) is 11.6 Å². The topological polar surface area (TPSA) is 128 Å². The lowest BCUT2D eigenvalue weighted by molar-refractivity contribution is -0.385. The van der Waals surface area contributed by atoms with Crippen LogP contribution in [0.25, 0.3) is 0 Å². The van der Waals surface area contributed by atoms with Crippen molar-refractivity contribution in [3.63, 3.8) is 0 Å². The number of amides is 2. The van der Waals surface area contributed by atoms with Crippen molar-refractivity contribution in [1.82, 2.24) is 0 Å². The minimum atomic E-state index is -0.778. The molecule has 36 heavy (non-hydrogen) atoms. The van der Waals surface area contributed by atoms with Crippen LogP contribution in [0.1, 0.15) is 12.0 Å². The third kappa shape index (κ3) is 5.84. The molecular formula is C26H23N3O7. The highest BCUT2D eigenvalue weighted by molar-refractivity contribution is 6.00. The van der Waals surface area contributed by atoms with E-state index in [4.69, 9.17) is 9.47 Å². The number of benzene rings is 3. The third-order valence-electron chi connectivity index (χ3n) is 5.62. The third-order valence-corrected chi connectivity index (χ3v) is 5.62. The van der Waals surface area contributed by atoms with E-state index in [0.29, 0.717) is 28.4 Å². The number of nitrogens with zero attached hydrogens (tertiary/aromatic N) is 2. The maximum absolute atomic E-state index is 12.5. The van der Waals surface area contributed by atoms with Crippen molar-refractivity contribution in [1.29, 1.82) is 0 Å². The zero-order chi connectivity index (χ0) is 25.7. The first-order chi connectivity index (χ1) is 17.3. The first-order valence-electron chi connectivity index (χ1n) is 11.1. The number of nitro benzene ring substituents is 1. The highest BCUT2D eigenvalue weighted by Crippen LogP contribution is 2.30. The molecule has 0 spiro atoms. The van der Waals surface area contributed by atoms with Gasteiger partial charge >= 0.3 is 5.97 Å². The Kier molecular flexibility index (Phi) is 7.24. The summed E-state index contributed by atoms with van der Waals surface area (Å²) in [5, 5.41) is 13.8. The van der Waals surface area contributed by atoms with Crippen molar-refractivity contribution in [2.24, 2.45) is 5.92 Å². The number of nitro groups is 1. The van der Waals surface area contributed by atoms with Crippen LogP contribution in [0.4, 0.5) is 17.1 Å². The van der Waals surface area contributed by atoms with Gasteiger partial charge in [-0.1, -0.05) is 24.3 Å². The number of aryl methyl sites for hydroxylation is 1. The number of esters is 1. The first kappa shape index (κ1) is 24.4. The van der Waals surface area contributed by atoms with E-state index in [1.807, 2.05) is 30.3 Å². The minimum absolute atomic E-state index is 0.0162. The Morgan fingerprint density at radius 3 is 2.44 bits per heavy atom. The van der Waals surface area contributed by atoms with Gasteiger partial charge in [0, 0.05) is 30.3 Å². The smallest absolute Gasteiger partial charge is 0.311 e.